The first kappa shape index (κ1) is 21.9. The number of carbonyl (C=O) groups excluding carboxylic acids is 2. The summed E-state index contributed by atoms with van der Waals surface area (Å²) in [5, 5.41) is 7.00. The Hall–Kier alpha value is -3.31. The Labute approximate surface area is 188 Å². The lowest BCUT2D eigenvalue weighted by atomic mass is 9.83. The molecule has 0 spiro atoms. The average Bonchev–Trinajstić information content (AvgIpc) is 2.91. The highest BCUT2D eigenvalue weighted by atomic mass is 16.2. The zero-order chi connectivity index (χ0) is 22.6. The molecule has 1 fully saturated rings. The second-order valence-electron chi connectivity index (χ2n) is 9.07. The number of nitrogens with zero attached hydrogens (tertiary/aromatic N) is 4. The number of amides is 2. The van der Waals surface area contributed by atoms with E-state index < -0.39 is 6.04 Å². The lowest BCUT2D eigenvalue weighted by molar-refractivity contribution is -0.125. The number of fused-ring (bicyclic) bond motifs is 1. The molecule has 1 N–H and O–H groups in total. The third kappa shape index (κ3) is 4.63. The molecule has 2 aliphatic rings. The molecule has 166 valence electrons. The maximum Gasteiger partial charge on any atom is 0.240 e. The van der Waals surface area contributed by atoms with Crippen LogP contribution in [0, 0.1) is 0 Å². The molecule has 1 aliphatic carbocycles. The number of hydrogen-bond acceptors (Lipinski definition) is 3. The predicted octanol–water partition coefficient (Wildman–Crippen LogP) is 5.07. The van der Waals surface area contributed by atoms with Crippen LogP contribution < -0.4 is 10.2 Å². The third-order valence-electron chi connectivity index (χ3n) is 6.71. The standard InChI is InChI=1S/C25H29N5O2/c1-25(14-8-3-9-15-25)27-23(31)17-30-22-13-7-6-12-19(22)20(18-10-4-2-5-11-18)16-21(24(30)32)28-29-26/h2,4-7,10-13,20-21H,3,8-9,14-17H2,1H3,(H,27,31). The summed E-state index contributed by atoms with van der Waals surface area (Å²) >= 11 is 0. The molecule has 4 rings (SSSR count). The first-order chi connectivity index (χ1) is 15.5. The van der Waals surface area contributed by atoms with Crippen molar-refractivity contribution in [3.8, 4) is 0 Å². The fourth-order valence-corrected chi connectivity index (χ4v) is 5.08. The average molecular weight is 432 g/mol. The summed E-state index contributed by atoms with van der Waals surface area (Å²) in [7, 11) is 0. The Bertz CT molecular complexity index is 1030. The Morgan fingerprint density at radius 1 is 1.12 bits per heavy atom. The molecule has 2 aromatic rings. The fraction of sp³-hybridized carbons (Fsp3) is 0.440. The molecular formula is C25H29N5O2. The van der Waals surface area contributed by atoms with Crippen molar-refractivity contribution >= 4 is 17.5 Å². The molecule has 1 aliphatic heterocycles. The van der Waals surface area contributed by atoms with E-state index in [2.05, 4.69) is 22.3 Å². The minimum Gasteiger partial charge on any atom is -0.349 e. The summed E-state index contributed by atoms with van der Waals surface area (Å²) < 4.78 is 0. The van der Waals surface area contributed by atoms with E-state index in [9.17, 15) is 9.59 Å². The van der Waals surface area contributed by atoms with Crippen molar-refractivity contribution in [2.75, 3.05) is 11.4 Å². The first-order valence-corrected chi connectivity index (χ1v) is 11.3. The molecule has 0 radical (unpaired) electrons. The Kier molecular flexibility index (Phi) is 6.47. The van der Waals surface area contributed by atoms with E-state index in [1.165, 1.54) is 11.3 Å². The van der Waals surface area contributed by atoms with Gasteiger partial charge in [0.05, 0.1) is 0 Å². The molecule has 1 saturated carbocycles. The molecule has 0 bridgehead atoms. The van der Waals surface area contributed by atoms with Crippen LogP contribution in [0.15, 0.2) is 59.7 Å². The highest BCUT2D eigenvalue weighted by Crippen LogP contribution is 2.40. The van der Waals surface area contributed by atoms with Gasteiger partial charge in [-0.1, -0.05) is 72.9 Å². The molecule has 2 unspecified atom stereocenters. The largest absolute Gasteiger partial charge is 0.349 e. The van der Waals surface area contributed by atoms with E-state index in [-0.39, 0.29) is 29.8 Å². The number of azide groups is 1. The maximum absolute atomic E-state index is 13.5. The molecule has 2 amide bonds. The zero-order valence-corrected chi connectivity index (χ0v) is 18.4. The summed E-state index contributed by atoms with van der Waals surface area (Å²) in [5.74, 6) is -0.635. The third-order valence-corrected chi connectivity index (χ3v) is 6.71. The van der Waals surface area contributed by atoms with Gasteiger partial charge in [0.1, 0.15) is 12.6 Å². The van der Waals surface area contributed by atoms with Crippen molar-refractivity contribution in [3.63, 3.8) is 0 Å². The van der Waals surface area contributed by atoms with Gasteiger partial charge >= 0.3 is 0 Å². The van der Waals surface area contributed by atoms with E-state index in [0.717, 1.165) is 36.8 Å². The van der Waals surface area contributed by atoms with Crippen molar-refractivity contribution in [2.45, 2.75) is 62.9 Å². The van der Waals surface area contributed by atoms with E-state index in [4.69, 9.17) is 5.53 Å². The van der Waals surface area contributed by atoms with Gasteiger partial charge in [0, 0.05) is 22.1 Å². The molecule has 7 heteroatoms. The van der Waals surface area contributed by atoms with Crippen LogP contribution in [-0.2, 0) is 9.59 Å². The number of para-hydroxylation sites is 1. The van der Waals surface area contributed by atoms with Crippen LogP contribution in [0.3, 0.4) is 0 Å². The zero-order valence-electron chi connectivity index (χ0n) is 18.4. The van der Waals surface area contributed by atoms with Crippen LogP contribution in [0.5, 0.6) is 0 Å². The molecule has 1 heterocycles. The number of nitrogens with one attached hydrogen (secondary N) is 1. The minimum atomic E-state index is -0.879. The first-order valence-electron chi connectivity index (χ1n) is 11.3. The van der Waals surface area contributed by atoms with E-state index in [1.807, 2.05) is 54.6 Å². The quantitative estimate of drug-likeness (QED) is 0.406. The molecule has 2 atom stereocenters. The van der Waals surface area contributed by atoms with Crippen molar-refractivity contribution in [2.24, 2.45) is 5.11 Å². The van der Waals surface area contributed by atoms with E-state index in [0.29, 0.717) is 12.1 Å². The predicted molar refractivity (Wildman–Crippen MR) is 124 cm³/mol. The van der Waals surface area contributed by atoms with Gasteiger partial charge in [0.2, 0.25) is 11.8 Å². The van der Waals surface area contributed by atoms with Crippen LogP contribution in [0.25, 0.3) is 10.4 Å². The molecule has 7 nitrogen and oxygen atoms in total. The topological polar surface area (TPSA) is 98.2 Å². The highest BCUT2D eigenvalue weighted by molar-refractivity contribution is 6.03. The smallest absolute Gasteiger partial charge is 0.240 e. The van der Waals surface area contributed by atoms with Crippen LogP contribution in [0.2, 0.25) is 0 Å². The lowest BCUT2D eigenvalue weighted by Gasteiger charge is -2.35. The van der Waals surface area contributed by atoms with Crippen molar-refractivity contribution < 1.29 is 9.59 Å². The summed E-state index contributed by atoms with van der Waals surface area (Å²) in [6.07, 6.45) is 5.64. The van der Waals surface area contributed by atoms with E-state index in [1.54, 1.807) is 0 Å². The summed E-state index contributed by atoms with van der Waals surface area (Å²) in [5.41, 5.74) is 11.6. The minimum absolute atomic E-state index is 0.0929. The number of benzene rings is 2. The molecular weight excluding hydrogens is 402 g/mol. The number of rotatable bonds is 5. The van der Waals surface area contributed by atoms with Crippen molar-refractivity contribution in [1.29, 1.82) is 0 Å². The fourth-order valence-electron chi connectivity index (χ4n) is 5.08. The van der Waals surface area contributed by atoms with Crippen LogP contribution in [0.4, 0.5) is 5.69 Å². The maximum atomic E-state index is 13.5. The molecule has 0 saturated heterocycles. The van der Waals surface area contributed by atoms with Crippen molar-refractivity contribution in [1.82, 2.24) is 5.32 Å². The number of anilines is 1. The van der Waals surface area contributed by atoms with Crippen LogP contribution in [0.1, 0.15) is 62.5 Å². The normalized spacial score (nSPS) is 22.3. The Balaban J connectivity index is 1.68. The highest BCUT2D eigenvalue weighted by Gasteiger charge is 2.37. The molecule has 32 heavy (non-hydrogen) atoms. The van der Waals surface area contributed by atoms with Gasteiger partial charge in [0.15, 0.2) is 0 Å². The molecule has 2 aromatic carbocycles. The Morgan fingerprint density at radius 2 is 1.81 bits per heavy atom. The van der Waals surface area contributed by atoms with Crippen molar-refractivity contribution in [3.05, 3.63) is 76.2 Å². The van der Waals surface area contributed by atoms with Gasteiger partial charge < -0.3 is 10.2 Å². The number of hydrogen-bond donors (Lipinski definition) is 1. The monoisotopic (exact) mass is 431 g/mol. The summed E-state index contributed by atoms with van der Waals surface area (Å²) in [6.45, 7) is 1.99. The van der Waals surface area contributed by atoms with E-state index >= 15 is 0 Å². The van der Waals surface area contributed by atoms with Gasteiger partial charge in [0.25, 0.3) is 0 Å². The SMILES string of the molecule is CC1(NC(=O)CN2C(=O)C(N=[N+]=[N-])CC(c3ccccc3)c3ccccc32)CCCCC1. The van der Waals surface area contributed by atoms with Gasteiger partial charge in [-0.3, -0.25) is 9.59 Å². The van der Waals surface area contributed by atoms with Crippen LogP contribution >= 0.6 is 0 Å². The summed E-state index contributed by atoms with van der Waals surface area (Å²) in [6, 6.07) is 16.7. The number of carbonyl (C=O) groups is 2. The Morgan fingerprint density at radius 3 is 2.53 bits per heavy atom. The van der Waals surface area contributed by atoms with Crippen LogP contribution in [-0.4, -0.2) is 29.9 Å². The second kappa shape index (κ2) is 9.45. The lowest BCUT2D eigenvalue weighted by Crippen LogP contribution is -2.52. The van der Waals surface area contributed by atoms with Gasteiger partial charge in [-0.2, -0.15) is 0 Å². The van der Waals surface area contributed by atoms with Gasteiger partial charge in [-0.25, -0.2) is 0 Å². The van der Waals surface area contributed by atoms with Gasteiger partial charge in [-0.15, -0.1) is 0 Å². The van der Waals surface area contributed by atoms with Gasteiger partial charge in [-0.05, 0) is 48.9 Å². The molecule has 0 aromatic heterocycles. The summed E-state index contributed by atoms with van der Waals surface area (Å²) in [4.78, 5) is 31.0. The second-order valence-corrected chi connectivity index (χ2v) is 9.07.